The lowest BCUT2D eigenvalue weighted by atomic mass is 10.0. The van der Waals surface area contributed by atoms with Crippen LogP contribution in [0, 0.1) is 0 Å². The molecule has 0 aliphatic carbocycles. The SMILES string of the molecule is COC(=O)C1=C(C)N=c2s/c(=C\c3ccco3)c(=O)n2[C@@H]1c1cccs1. The van der Waals surface area contributed by atoms with Crippen molar-refractivity contribution in [2.45, 2.75) is 13.0 Å². The van der Waals surface area contributed by atoms with Gasteiger partial charge in [-0.1, -0.05) is 17.4 Å². The minimum Gasteiger partial charge on any atom is -0.466 e. The summed E-state index contributed by atoms with van der Waals surface area (Å²) < 4.78 is 12.3. The average molecular weight is 386 g/mol. The van der Waals surface area contributed by atoms with E-state index in [1.54, 1.807) is 36.0 Å². The second kappa shape index (κ2) is 6.54. The number of ether oxygens (including phenoxy) is 1. The normalized spacial score (nSPS) is 17.2. The fourth-order valence-corrected chi connectivity index (χ4v) is 4.76. The predicted molar refractivity (Wildman–Crippen MR) is 98.8 cm³/mol. The van der Waals surface area contributed by atoms with Crippen molar-refractivity contribution in [3.63, 3.8) is 0 Å². The molecule has 4 rings (SSSR count). The second-order valence-electron chi connectivity index (χ2n) is 5.60. The second-order valence-corrected chi connectivity index (χ2v) is 7.59. The molecule has 0 fully saturated rings. The van der Waals surface area contributed by atoms with Gasteiger partial charge in [-0.15, -0.1) is 11.3 Å². The van der Waals surface area contributed by atoms with Gasteiger partial charge in [-0.25, -0.2) is 9.79 Å². The molecular weight excluding hydrogens is 372 g/mol. The van der Waals surface area contributed by atoms with E-state index in [0.29, 0.717) is 26.4 Å². The van der Waals surface area contributed by atoms with Crippen LogP contribution in [0.3, 0.4) is 0 Å². The number of methoxy groups -OCH3 is 1. The highest BCUT2D eigenvalue weighted by molar-refractivity contribution is 7.10. The van der Waals surface area contributed by atoms with Gasteiger partial charge in [-0.3, -0.25) is 9.36 Å². The number of carbonyl (C=O) groups is 1. The largest absolute Gasteiger partial charge is 0.466 e. The van der Waals surface area contributed by atoms with Crippen LogP contribution in [0.2, 0.25) is 0 Å². The number of fused-ring (bicyclic) bond motifs is 1. The third-order valence-electron chi connectivity index (χ3n) is 4.06. The predicted octanol–water partition coefficient (Wildman–Crippen LogP) is 2.06. The molecule has 0 aromatic carbocycles. The first-order valence-electron chi connectivity index (χ1n) is 7.78. The lowest BCUT2D eigenvalue weighted by Crippen LogP contribution is -2.39. The first kappa shape index (κ1) is 16.7. The van der Waals surface area contributed by atoms with Gasteiger partial charge in [0.2, 0.25) is 0 Å². The van der Waals surface area contributed by atoms with Crippen molar-refractivity contribution >= 4 is 34.7 Å². The summed E-state index contributed by atoms with van der Waals surface area (Å²) in [4.78, 5) is 31.4. The maximum absolute atomic E-state index is 13.1. The highest BCUT2D eigenvalue weighted by Crippen LogP contribution is 2.32. The Bertz CT molecular complexity index is 1170. The van der Waals surface area contributed by atoms with Crippen LogP contribution in [-0.2, 0) is 9.53 Å². The summed E-state index contributed by atoms with van der Waals surface area (Å²) in [6.07, 6.45) is 3.24. The number of allylic oxidation sites excluding steroid dienone is 1. The van der Waals surface area contributed by atoms with Gasteiger partial charge < -0.3 is 9.15 Å². The molecule has 1 atom stereocenters. The molecule has 0 bridgehead atoms. The first-order valence-corrected chi connectivity index (χ1v) is 9.47. The molecule has 0 unspecified atom stereocenters. The molecular formula is C18H14N2O4S2. The van der Waals surface area contributed by atoms with Crippen molar-refractivity contribution in [1.29, 1.82) is 0 Å². The summed E-state index contributed by atoms with van der Waals surface area (Å²) in [6, 6.07) is 6.79. The van der Waals surface area contributed by atoms with Crippen molar-refractivity contribution in [1.82, 2.24) is 4.57 Å². The minimum atomic E-state index is -0.544. The summed E-state index contributed by atoms with van der Waals surface area (Å²) in [5, 5.41) is 1.91. The van der Waals surface area contributed by atoms with Crippen LogP contribution >= 0.6 is 22.7 Å². The molecule has 3 aromatic heterocycles. The Balaban J connectivity index is 2.00. The third kappa shape index (κ3) is 2.67. The van der Waals surface area contributed by atoms with Crippen LogP contribution in [-0.4, -0.2) is 17.6 Å². The van der Waals surface area contributed by atoms with E-state index in [2.05, 4.69) is 4.99 Å². The van der Waals surface area contributed by atoms with Crippen molar-refractivity contribution in [3.8, 4) is 0 Å². The van der Waals surface area contributed by atoms with Crippen LogP contribution in [0.15, 0.2) is 61.4 Å². The van der Waals surface area contributed by atoms with E-state index >= 15 is 0 Å². The van der Waals surface area contributed by atoms with Crippen molar-refractivity contribution in [2.75, 3.05) is 7.11 Å². The Morgan fingerprint density at radius 2 is 2.23 bits per heavy atom. The number of thiophene rings is 1. The molecule has 8 heteroatoms. The fraction of sp³-hybridized carbons (Fsp3) is 0.167. The minimum absolute atomic E-state index is 0.211. The van der Waals surface area contributed by atoms with E-state index < -0.39 is 12.0 Å². The topological polar surface area (TPSA) is 73.8 Å². The molecule has 3 aromatic rings. The summed E-state index contributed by atoms with van der Waals surface area (Å²) in [7, 11) is 1.33. The quantitative estimate of drug-likeness (QED) is 0.646. The molecule has 6 nitrogen and oxygen atoms in total. The van der Waals surface area contributed by atoms with Gasteiger partial charge in [-0.2, -0.15) is 0 Å². The number of thiazole rings is 1. The van der Waals surface area contributed by atoms with E-state index in [9.17, 15) is 9.59 Å². The molecule has 0 saturated carbocycles. The molecule has 1 aliphatic heterocycles. The monoisotopic (exact) mass is 386 g/mol. The lowest BCUT2D eigenvalue weighted by molar-refractivity contribution is -0.136. The molecule has 0 saturated heterocycles. The molecule has 0 spiro atoms. The van der Waals surface area contributed by atoms with Crippen LogP contribution in [0.25, 0.3) is 6.08 Å². The Morgan fingerprint density at radius 1 is 1.38 bits per heavy atom. The van der Waals surface area contributed by atoms with E-state index in [-0.39, 0.29) is 5.56 Å². The molecule has 1 aliphatic rings. The van der Waals surface area contributed by atoms with Crippen LogP contribution in [0.5, 0.6) is 0 Å². The van der Waals surface area contributed by atoms with Gasteiger partial charge in [0, 0.05) is 11.0 Å². The van der Waals surface area contributed by atoms with Gasteiger partial charge in [0.1, 0.15) is 11.8 Å². The van der Waals surface area contributed by atoms with E-state index in [4.69, 9.17) is 9.15 Å². The zero-order chi connectivity index (χ0) is 18.3. The number of aromatic nitrogens is 1. The highest BCUT2D eigenvalue weighted by Gasteiger charge is 2.33. The number of esters is 1. The third-order valence-corrected chi connectivity index (χ3v) is 5.96. The fourth-order valence-electron chi connectivity index (χ4n) is 2.91. The van der Waals surface area contributed by atoms with Gasteiger partial charge in [0.15, 0.2) is 4.80 Å². The number of hydrogen-bond donors (Lipinski definition) is 0. The standard InChI is InChI=1S/C18H14N2O4S2/c1-10-14(17(22)23-2)15(12-6-4-8-25-12)20-16(21)13(26-18(20)19-10)9-11-5-3-7-24-11/h3-9,15H,1-2H3/b13-9-/t15-/m1/s1. The number of nitrogens with zero attached hydrogens (tertiary/aromatic N) is 2. The molecule has 0 N–H and O–H groups in total. The van der Waals surface area contributed by atoms with E-state index in [1.807, 2.05) is 17.5 Å². The average Bonchev–Trinajstić information content (AvgIpc) is 3.37. The van der Waals surface area contributed by atoms with Crippen LogP contribution in [0.4, 0.5) is 0 Å². The van der Waals surface area contributed by atoms with Crippen LogP contribution in [0.1, 0.15) is 23.6 Å². The van der Waals surface area contributed by atoms with Crippen molar-refractivity contribution in [2.24, 2.45) is 4.99 Å². The maximum Gasteiger partial charge on any atom is 0.338 e. The summed E-state index contributed by atoms with van der Waals surface area (Å²) >= 11 is 2.76. The summed E-state index contributed by atoms with van der Waals surface area (Å²) in [5.74, 6) is 0.108. The van der Waals surface area contributed by atoms with Crippen molar-refractivity contribution in [3.05, 3.63) is 77.5 Å². The maximum atomic E-state index is 13.1. The number of furan rings is 1. The zero-order valence-electron chi connectivity index (χ0n) is 14.0. The Morgan fingerprint density at radius 3 is 2.88 bits per heavy atom. The van der Waals surface area contributed by atoms with Crippen LogP contribution < -0.4 is 14.9 Å². The Hall–Kier alpha value is -2.71. The molecule has 4 heterocycles. The number of hydrogen-bond acceptors (Lipinski definition) is 7. The van der Waals surface area contributed by atoms with E-state index in [0.717, 1.165) is 4.88 Å². The summed E-state index contributed by atoms with van der Waals surface area (Å²) in [5.41, 5.74) is 0.727. The Labute approximate surface area is 156 Å². The van der Waals surface area contributed by atoms with Gasteiger partial charge in [-0.05, 0) is 30.5 Å². The van der Waals surface area contributed by atoms with Gasteiger partial charge >= 0.3 is 5.97 Å². The number of rotatable bonds is 3. The molecule has 0 radical (unpaired) electrons. The Kier molecular flexibility index (Phi) is 4.21. The van der Waals surface area contributed by atoms with E-state index in [1.165, 1.54) is 29.8 Å². The smallest absolute Gasteiger partial charge is 0.338 e. The highest BCUT2D eigenvalue weighted by atomic mass is 32.1. The van der Waals surface area contributed by atoms with Gasteiger partial charge in [0.25, 0.3) is 5.56 Å². The number of carbonyl (C=O) groups excluding carboxylic acids is 1. The van der Waals surface area contributed by atoms with Crippen molar-refractivity contribution < 1.29 is 13.9 Å². The molecule has 26 heavy (non-hydrogen) atoms. The molecule has 0 amide bonds. The molecule has 132 valence electrons. The summed E-state index contributed by atoms with van der Waals surface area (Å²) in [6.45, 7) is 1.76. The van der Waals surface area contributed by atoms with Gasteiger partial charge in [0.05, 0.1) is 29.2 Å². The zero-order valence-corrected chi connectivity index (χ0v) is 15.6. The lowest BCUT2D eigenvalue weighted by Gasteiger charge is -2.22. The first-order chi connectivity index (χ1) is 12.6.